The molecule has 3 aromatic rings. The summed E-state index contributed by atoms with van der Waals surface area (Å²) in [5, 5.41) is 6.89. The molecule has 1 atom stereocenters. The monoisotopic (exact) mass is 445 g/mol. The molecule has 2 aromatic carbocycles. The van der Waals surface area contributed by atoms with Gasteiger partial charge in [-0.3, -0.25) is 4.79 Å². The van der Waals surface area contributed by atoms with Crippen molar-refractivity contribution in [1.29, 1.82) is 0 Å². The zero-order valence-corrected chi connectivity index (χ0v) is 17.5. The van der Waals surface area contributed by atoms with Crippen molar-refractivity contribution in [2.75, 3.05) is 23.3 Å². The molecule has 3 N–H and O–H groups in total. The van der Waals surface area contributed by atoms with Crippen LogP contribution < -0.4 is 16.0 Å². The molecule has 0 radical (unpaired) electrons. The van der Waals surface area contributed by atoms with E-state index < -0.39 is 12.2 Å². The second-order valence-electron chi connectivity index (χ2n) is 7.69. The standard InChI is InChI=1S/C22H22F3N5O2/c1-12-6-7-14(21-28-13(2)29-32-21)10-17(12)27-11-19(31)30-9-8-15-16(4-3-5-18(15)30)20(26)22(23,24)25/h3-7,10,20,27H,8-9,11,26H2,1-2H3. The van der Waals surface area contributed by atoms with Gasteiger partial charge in [-0.25, -0.2) is 0 Å². The Morgan fingerprint density at radius 2 is 2.06 bits per heavy atom. The van der Waals surface area contributed by atoms with Crippen LogP contribution in [0.15, 0.2) is 40.9 Å². The Bertz CT molecular complexity index is 1160. The first-order valence-corrected chi connectivity index (χ1v) is 10.0. The van der Waals surface area contributed by atoms with Crippen molar-refractivity contribution < 1.29 is 22.5 Å². The maximum Gasteiger partial charge on any atom is 0.407 e. The number of hydrogen-bond acceptors (Lipinski definition) is 6. The molecular weight excluding hydrogens is 423 g/mol. The van der Waals surface area contributed by atoms with E-state index in [-0.39, 0.29) is 18.0 Å². The minimum absolute atomic E-state index is 0.0108. The number of alkyl halides is 3. The molecular formula is C22H22F3N5O2. The first kappa shape index (κ1) is 21.8. The Hall–Kier alpha value is -3.40. The average molecular weight is 445 g/mol. The van der Waals surface area contributed by atoms with Gasteiger partial charge in [0, 0.05) is 23.5 Å². The maximum absolute atomic E-state index is 13.1. The van der Waals surface area contributed by atoms with E-state index in [4.69, 9.17) is 10.3 Å². The Morgan fingerprint density at radius 3 is 2.75 bits per heavy atom. The van der Waals surface area contributed by atoms with Crippen LogP contribution in [-0.4, -0.2) is 35.3 Å². The molecule has 1 unspecified atom stereocenters. The Labute approximate surface area is 182 Å². The van der Waals surface area contributed by atoms with E-state index in [2.05, 4.69) is 15.5 Å². The van der Waals surface area contributed by atoms with Crippen LogP contribution in [0.5, 0.6) is 0 Å². The summed E-state index contributed by atoms with van der Waals surface area (Å²) in [4.78, 5) is 18.6. The molecule has 1 aromatic heterocycles. The van der Waals surface area contributed by atoms with Gasteiger partial charge in [-0.05, 0) is 55.2 Å². The molecule has 32 heavy (non-hydrogen) atoms. The molecule has 168 valence electrons. The first-order chi connectivity index (χ1) is 15.1. The Morgan fingerprint density at radius 1 is 1.28 bits per heavy atom. The molecule has 4 rings (SSSR count). The number of aromatic nitrogens is 2. The second kappa shape index (κ2) is 8.27. The molecule has 1 amide bonds. The average Bonchev–Trinajstić information content (AvgIpc) is 3.38. The number of rotatable bonds is 5. The van der Waals surface area contributed by atoms with Crippen molar-refractivity contribution in [3.05, 3.63) is 58.9 Å². The Balaban J connectivity index is 1.50. The summed E-state index contributed by atoms with van der Waals surface area (Å²) in [5.41, 5.74) is 8.72. The number of halogens is 3. The van der Waals surface area contributed by atoms with Crippen LogP contribution in [0.2, 0.25) is 0 Å². The second-order valence-corrected chi connectivity index (χ2v) is 7.69. The topological polar surface area (TPSA) is 97.3 Å². The van der Waals surface area contributed by atoms with Crippen LogP contribution in [0, 0.1) is 13.8 Å². The lowest BCUT2D eigenvalue weighted by Gasteiger charge is -2.21. The summed E-state index contributed by atoms with van der Waals surface area (Å²) in [6, 6.07) is 7.97. The summed E-state index contributed by atoms with van der Waals surface area (Å²) >= 11 is 0. The molecule has 0 saturated carbocycles. The maximum atomic E-state index is 13.1. The number of aryl methyl sites for hydroxylation is 2. The summed E-state index contributed by atoms with van der Waals surface area (Å²) in [6.45, 7) is 3.89. The predicted octanol–water partition coefficient (Wildman–Crippen LogP) is 3.92. The number of carbonyl (C=O) groups excluding carboxylic acids is 1. The number of hydrogen-bond donors (Lipinski definition) is 2. The van der Waals surface area contributed by atoms with E-state index in [1.807, 2.05) is 25.1 Å². The lowest BCUT2D eigenvalue weighted by atomic mass is 9.98. The van der Waals surface area contributed by atoms with Crippen molar-refractivity contribution in [3.8, 4) is 11.5 Å². The van der Waals surface area contributed by atoms with Crippen molar-refractivity contribution in [1.82, 2.24) is 10.1 Å². The number of fused-ring (bicyclic) bond motifs is 1. The molecule has 0 saturated heterocycles. The largest absolute Gasteiger partial charge is 0.407 e. The van der Waals surface area contributed by atoms with Crippen molar-refractivity contribution in [2.45, 2.75) is 32.5 Å². The summed E-state index contributed by atoms with van der Waals surface area (Å²) in [7, 11) is 0. The van der Waals surface area contributed by atoms with Gasteiger partial charge in [0.05, 0.1) is 6.54 Å². The third-order valence-corrected chi connectivity index (χ3v) is 5.49. The summed E-state index contributed by atoms with van der Waals surface area (Å²) in [5.74, 6) is 0.640. The number of carbonyl (C=O) groups is 1. The van der Waals surface area contributed by atoms with E-state index in [1.54, 1.807) is 13.0 Å². The molecule has 0 fully saturated rings. The fraction of sp³-hybridized carbons (Fsp3) is 0.318. The smallest absolute Gasteiger partial charge is 0.376 e. The lowest BCUT2D eigenvalue weighted by Crippen LogP contribution is -2.34. The minimum Gasteiger partial charge on any atom is -0.376 e. The van der Waals surface area contributed by atoms with Gasteiger partial charge in [-0.1, -0.05) is 23.4 Å². The van der Waals surface area contributed by atoms with Gasteiger partial charge in [0.15, 0.2) is 5.82 Å². The highest BCUT2D eigenvalue weighted by Crippen LogP contribution is 2.38. The van der Waals surface area contributed by atoms with Crippen LogP contribution in [0.25, 0.3) is 11.5 Å². The number of nitrogens with zero attached hydrogens (tertiary/aromatic N) is 3. The quantitative estimate of drug-likeness (QED) is 0.618. The number of anilines is 2. The lowest BCUT2D eigenvalue weighted by molar-refractivity contribution is -0.149. The highest BCUT2D eigenvalue weighted by atomic mass is 19.4. The summed E-state index contributed by atoms with van der Waals surface area (Å²) in [6.07, 6.45) is -4.22. The van der Waals surface area contributed by atoms with Gasteiger partial charge in [0.25, 0.3) is 5.89 Å². The van der Waals surface area contributed by atoms with Gasteiger partial charge in [0.2, 0.25) is 5.91 Å². The van der Waals surface area contributed by atoms with Gasteiger partial charge < -0.3 is 20.5 Å². The highest BCUT2D eigenvalue weighted by Gasteiger charge is 2.40. The zero-order valence-electron chi connectivity index (χ0n) is 17.5. The van der Waals surface area contributed by atoms with Crippen LogP contribution in [0.4, 0.5) is 24.5 Å². The highest BCUT2D eigenvalue weighted by molar-refractivity contribution is 5.98. The third kappa shape index (κ3) is 4.18. The first-order valence-electron chi connectivity index (χ1n) is 10.0. The molecule has 2 heterocycles. The minimum atomic E-state index is -4.55. The molecule has 0 spiro atoms. The normalized spacial score (nSPS) is 14.4. The van der Waals surface area contributed by atoms with E-state index >= 15 is 0 Å². The fourth-order valence-corrected chi connectivity index (χ4v) is 3.81. The van der Waals surface area contributed by atoms with Crippen LogP contribution >= 0.6 is 0 Å². The number of nitrogens with two attached hydrogens (primary N) is 1. The van der Waals surface area contributed by atoms with Crippen molar-refractivity contribution in [3.63, 3.8) is 0 Å². The molecule has 10 heteroatoms. The number of benzene rings is 2. The zero-order chi connectivity index (χ0) is 23.0. The number of nitrogens with one attached hydrogen (secondary N) is 1. The summed E-state index contributed by atoms with van der Waals surface area (Å²) < 4.78 is 44.6. The van der Waals surface area contributed by atoms with Crippen LogP contribution in [-0.2, 0) is 11.2 Å². The van der Waals surface area contributed by atoms with Gasteiger partial charge in [0.1, 0.15) is 6.04 Å². The molecule has 0 aliphatic carbocycles. The van der Waals surface area contributed by atoms with E-state index in [0.29, 0.717) is 41.5 Å². The van der Waals surface area contributed by atoms with Crippen molar-refractivity contribution in [2.24, 2.45) is 5.73 Å². The predicted molar refractivity (Wildman–Crippen MR) is 113 cm³/mol. The SMILES string of the molecule is Cc1noc(-c2ccc(C)c(NCC(=O)N3CCc4c(C(N)C(F)(F)F)cccc43)c2)n1. The van der Waals surface area contributed by atoms with E-state index in [9.17, 15) is 18.0 Å². The van der Waals surface area contributed by atoms with Crippen LogP contribution in [0.3, 0.4) is 0 Å². The van der Waals surface area contributed by atoms with Gasteiger partial charge in [-0.15, -0.1) is 0 Å². The third-order valence-electron chi connectivity index (χ3n) is 5.49. The molecule has 7 nitrogen and oxygen atoms in total. The fourth-order valence-electron chi connectivity index (χ4n) is 3.81. The number of amides is 1. The van der Waals surface area contributed by atoms with Crippen LogP contribution in [0.1, 0.15) is 28.6 Å². The molecule has 1 aliphatic rings. The van der Waals surface area contributed by atoms with E-state index in [1.165, 1.54) is 17.0 Å². The van der Waals surface area contributed by atoms with E-state index in [0.717, 1.165) is 11.3 Å². The van der Waals surface area contributed by atoms with Gasteiger partial charge in [-0.2, -0.15) is 18.2 Å². The van der Waals surface area contributed by atoms with Gasteiger partial charge >= 0.3 is 6.18 Å². The molecule has 0 bridgehead atoms. The Kier molecular flexibility index (Phi) is 5.64. The van der Waals surface area contributed by atoms with Crippen molar-refractivity contribution >= 4 is 17.3 Å². The molecule has 1 aliphatic heterocycles.